The number of nitrogens with zero attached hydrogens (tertiary/aromatic N) is 1. The zero-order valence-corrected chi connectivity index (χ0v) is 12.0. The molecule has 0 bridgehead atoms. The quantitative estimate of drug-likeness (QED) is 0.372. The largest absolute Gasteiger partial charge is 0.481 e. The second-order valence-corrected chi connectivity index (χ2v) is 5.60. The summed E-state index contributed by atoms with van der Waals surface area (Å²) >= 11 is 0. The summed E-state index contributed by atoms with van der Waals surface area (Å²) in [6.45, 7) is -0.155. The van der Waals surface area contributed by atoms with Crippen molar-refractivity contribution < 1.29 is 24.6 Å². The van der Waals surface area contributed by atoms with E-state index < -0.39 is 22.5 Å². The van der Waals surface area contributed by atoms with Gasteiger partial charge in [-0.3, -0.25) is 9.59 Å². The van der Waals surface area contributed by atoms with E-state index in [9.17, 15) is 19.7 Å². The summed E-state index contributed by atoms with van der Waals surface area (Å²) in [5.74, 6) is -1.19. The van der Waals surface area contributed by atoms with Crippen molar-refractivity contribution in [3.8, 4) is 0 Å². The van der Waals surface area contributed by atoms with E-state index in [0.717, 1.165) is 19.3 Å². The van der Waals surface area contributed by atoms with Gasteiger partial charge in [-0.1, -0.05) is 19.3 Å². The molecule has 0 saturated heterocycles. The predicted octanol–water partition coefficient (Wildman–Crippen LogP) is 1.30. The Kier molecular flexibility index (Phi) is 6.54. The Labute approximate surface area is 122 Å². The van der Waals surface area contributed by atoms with E-state index in [0.29, 0.717) is 12.8 Å². The lowest BCUT2D eigenvalue weighted by Gasteiger charge is -2.40. The van der Waals surface area contributed by atoms with Crippen LogP contribution in [0, 0.1) is 15.5 Å². The second kappa shape index (κ2) is 7.92. The van der Waals surface area contributed by atoms with Gasteiger partial charge in [0.15, 0.2) is 0 Å². The van der Waals surface area contributed by atoms with Gasteiger partial charge in [0.1, 0.15) is 5.78 Å². The first-order valence-electron chi connectivity index (χ1n) is 7.15. The minimum Gasteiger partial charge on any atom is -0.481 e. The number of carboxylic acids is 1. The molecule has 1 fully saturated rings. The van der Waals surface area contributed by atoms with Crippen molar-refractivity contribution in [3.63, 3.8) is 0 Å². The minimum atomic E-state index is -0.947. The summed E-state index contributed by atoms with van der Waals surface area (Å²) in [5.41, 5.74) is 5.35. The number of ketones is 1. The lowest BCUT2D eigenvalue weighted by atomic mass is 9.66. The van der Waals surface area contributed by atoms with E-state index in [4.69, 9.17) is 10.8 Å². The molecule has 0 spiro atoms. The molecule has 8 nitrogen and oxygen atoms in total. The Morgan fingerprint density at radius 3 is 2.48 bits per heavy atom. The highest BCUT2D eigenvalue weighted by molar-refractivity contribution is 5.85. The van der Waals surface area contributed by atoms with Gasteiger partial charge in [0.05, 0.1) is 19.1 Å². The predicted molar refractivity (Wildman–Crippen MR) is 72.9 cm³/mol. The molecule has 0 heterocycles. The number of carbonyl (C=O) groups is 2. The monoisotopic (exact) mass is 302 g/mol. The van der Waals surface area contributed by atoms with Crippen LogP contribution in [0.15, 0.2) is 0 Å². The van der Waals surface area contributed by atoms with E-state index in [1.165, 1.54) is 0 Å². The number of aliphatic carboxylic acids is 1. The summed E-state index contributed by atoms with van der Waals surface area (Å²) in [6.07, 6.45) is 4.21. The van der Waals surface area contributed by atoms with Crippen LogP contribution in [-0.4, -0.2) is 34.6 Å². The third-order valence-corrected chi connectivity index (χ3v) is 4.12. The molecule has 8 heteroatoms. The SMILES string of the molecule is NC(C(=O)CCCO[N+](=O)[O-])C1(CC(=O)O)CCCCC1. The van der Waals surface area contributed by atoms with Crippen LogP contribution in [0.4, 0.5) is 0 Å². The van der Waals surface area contributed by atoms with E-state index in [-0.39, 0.29) is 31.7 Å². The zero-order chi connectivity index (χ0) is 15.9. The first-order chi connectivity index (χ1) is 9.87. The van der Waals surface area contributed by atoms with E-state index in [1.54, 1.807) is 0 Å². The number of Topliss-reactive ketones (excluding diaryl/α,β-unsaturated/α-hetero) is 1. The Balaban J connectivity index is 2.58. The maximum atomic E-state index is 12.1. The highest BCUT2D eigenvalue weighted by Crippen LogP contribution is 2.42. The van der Waals surface area contributed by atoms with E-state index >= 15 is 0 Å². The topological polar surface area (TPSA) is 133 Å². The number of rotatable bonds is 9. The molecule has 0 amide bonds. The van der Waals surface area contributed by atoms with Gasteiger partial charge in [-0.25, -0.2) is 0 Å². The van der Waals surface area contributed by atoms with Gasteiger partial charge in [-0.05, 0) is 19.3 Å². The van der Waals surface area contributed by atoms with Crippen molar-refractivity contribution in [2.45, 2.75) is 57.4 Å². The third-order valence-electron chi connectivity index (χ3n) is 4.12. The molecule has 0 radical (unpaired) electrons. The molecule has 0 aliphatic heterocycles. The molecule has 1 saturated carbocycles. The minimum absolute atomic E-state index is 0.0658. The van der Waals surface area contributed by atoms with Crippen molar-refractivity contribution in [2.24, 2.45) is 11.1 Å². The summed E-state index contributed by atoms with van der Waals surface area (Å²) in [7, 11) is 0. The molecule has 0 aromatic carbocycles. The fraction of sp³-hybridized carbons (Fsp3) is 0.846. The van der Waals surface area contributed by atoms with Gasteiger partial charge in [-0.2, -0.15) is 0 Å². The molecule has 1 aliphatic rings. The average molecular weight is 302 g/mol. The van der Waals surface area contributed by atoms with Crippen LogP contribution in [0.5, 0.6) is 0 Å². The molecule has 120 valence electrons. The molecule has 1 rings (SSSR count). The number of hydrogen-bond acceptors (Lipinski definition) is 6. The Bertz CT molecular complexity index is 392. The van der Waals surface area contributed by atoms with Gasteiger partial charge in [0.2, 0.25) is 0 Å². The lowest BCUT2D eigenvalue weighted by molar-refractivity contribution is -0.757. The molecule has 0 aromatic rings. The van der Waals surface area contributed by atoms with Gasteiger partial charge >= 0.3 is 5.97 Å². The Morgan fingerprint density at radius 1 is 1.33 bits per heavy atom. The molecular weight excluding hydrogens is 280 g/mol. The molecular formula is C13H22N2O6. The van der Waals surface area contributed by atoms with Crippen LogP contribution in [0.25, 0.3) is 0 Å². The molecule has 3 N–H and O–H groups in total. The van der Waals surface area contributed by atoms with Crippen LogP contribution in [-0.2, 0) is 14.4 Å². The molecule has 1 unspecified atom stereocenters. The first kappa shape index (κ1) is 17.4. The molecule has 1 atom stereocenters. The van der Waals surface area contributed by atoms with Crippen LogP contribution in [0.3, 0.4) is 0 Å². The number of hydrogen-bond donors (Lipinski definition) is 2. The van der Waals surface area contributed by atoms with Crippen LogP contribution in [0.2, 0.25) is 0 Å². The summed E-state index contributed by atoms with van der Waals surface area (Å²) in [4.78, 5) is 37.4. The summed E-state index contributed by atoms with van der Waals surface area (Å²) in [5, 5.41) is 18.2. The van der Waals surface area contributed by atoms with E-state index in [1.807, 2.05) is 0 Å². The maximum Gasteiger partial charge on any atom is 0.303 e. The van der Waals surface area contributed by atoms with Crippen molar-refractivity contribution in [3.05, 3.63) is 10.1 Å². The normalized spacial score (nSPS) is 18.7. The second-order valence-electron chi connectivity index (χ2n) is 5.60. The van der Waals surface area contributed by atoms with Crippen LogP contribution < -0.4 is 5.73 Å². The zero-order valence-electron chi connectivity index (χ0n) is 12.0. The highest BCUT2D eigenvalue weighted by Gasteiger charge is 2.42. The fourth-order valence-corrected chi connectivity index (χ4v) is 3.04. The van der Waals surface area contributed by atoms with Gasteiger partial charge in [0.25, 0.3) is 5.09 Å². The van der Waals surface area contributed by atoms with Crippen LogP contribution >= 0.6 is 0 Å². The molecule has 21 heavy (non-hydrogen) atoms. The maximum absolute atomic E-state index is 12.1. The smallest absolute Gasteiger partial charge is 0.303 e. The number of carboxylic acid groups (broad SMARTS) is 1. The van der Waals surface area contributed by atoms with Crippen LogP contribution in [0.1, 0.15) is 51.4 Å². The van der Waals surface area contributed by atoms with Crippen molar-refractivity contribution in [1.29, 1.82) is 0 Å². The number of nitrogens with two attached hydrogens (primary N) is 1. The Hall–Kier alpha value is -1.70. The van der Waals surface area contributed by atoms with Crippen molar-refractivity contribution in [1.82, 2.24) is 0 Å². The fourth-order valence-electron chi connectivity index (χ4n) is 3.04. The van der Waals surface area contributed by atoms with Gasteiger partial charge < -0.3 is 15.7 Å². The van der Waals surface area contributed by atoms with Crippen molar-refractivity contribution in [2.75, 3.05) is 6.61 Å². The third kappa shape index (κ3) is 5.30. The number of carbonyl (C=O) groups excluding carboxylic acids is 1. The summed E-state index contributed by atoms with van der Waals surface area (Å²) in [6, 6.07) is -0.829. The molecule has 1 aliphatic carbocycles. The summed E-state index contributed by atoms with van der Waals surface area (Å²) < 4.78 is 0. The first-order valence-corrected chi connectivity index (χ1v) is 7.15. The van der Waals surface area contributed by atoms with E-state index in [2.05, 4.69) is 4.84 Å². The average Bonchev–Trinajstić information content (AvgIpc) is 2.42. The van der Waals surface area contributed by atoms with Crippen molar-refractivity contribution >= 4 is 11.8 Å². The standard InChI is InChI=1S/C13H22N2O6/c14-12(10(16)5-4-8-21-15(19)20)13(9-11(17)18)6-2-1-3-7-13/h12H,1-9,14H2,(H,17,18). The lowest BCUT2D eigenvalue weighted by Crippen LogP contribution is -2.49. The molecule has 0 aromatic heterocycles. The van der Waals surface area contributed by atoms with Gasteiger partial charge in [-0.15, -0.1) is 10.1 Å². The highest BCUT2D eigenvalue weighted by atomic mass is 16.9. The van der Waals surface area contributed by atoms with Gasteiger partial charge in [0, 0.05) is 11.8 Å². The Morgan fingerprint density at radius 2 is 1.95 bits per heavy atom.